The van der Waals surface area contributed by atoms with Crippen LogP contribution in [0.4, 0.5) is 0 Å². The predicted octanol–water partition coefficient (Wildman–Crippen LogP) is 2.99. The first-order valence-corrected chi connectivity index (χ1v) is 8.07. The molecule has 3 unspecified atom stereocenters. The largest absolute Gasteiger partial charge is 0.313 e. The molecule has 0 bridgehead atoms. The molecule has 0 spiro atoms. The lowest BCUT2D eigenvalue weighted by Gasteiger charge is -2.24. The van der Waals surface area contributed by atoms with Crippen molar-refractivity contribution in [3.8, 4) is 0 Å². The summed E-state index contributed by atoms with van der Waals surface area (Å²) in [5, 5.41) is 12.5. The van der Waals surface area contributed by atoms with Crippen LogP contribution in [0.2, 0.25) is 0 Å². The lowest BCUT2D eigenvalue weighted by atomic mass is 9.85. The van der Waals surface area contributed by atoms with Crippen LogP contribution in [-0.2, 0) is 0 Å². The maximum Gasteiger partial charge on any atom is 0.150 e. The molecule has 2 aliphatic carbocycles. The highest BCUT2D eigenvalue weighted by atomic mass is 15.3. The van der Waals surface area contributed by atoms with Gasteiger partial charge in [-0.05, 0) is 38.0 Å². The number of fused-ring (bicyclic) bond motifs is 1. The van der Waals surface area contributed by atoms with Crippen LogP contribution >= 0.6 is 0 Å². The van der Waals surface area contributed by atoms with Crippen LogP contribution in [0, 0.1) is 5.92 Å². The summed E-state index contributed by atoms with van der Waals surface area (Å²) in [5.41, 5.74) is 0. The van der Waals surface area contributed by atoms with Gasteiger partial charge in [-0.25, -0.2) is 0 Å². The van der Waals surface area contributed by atoms with E-state index < -0.39 is 0 Å². The quantitative estimate of drug-likeness (QED) is 0.889. The maximum atomic E-state index is 4.45. The second-order valence-corrected chi connectivity index (χ2v) is 6.64. The molecule has 3 aliphatic rings. The van der Waals surface area contributed by atoms with E-state index in [1.54, 1.807) is 0 Å². The Morgan fingerprint density at radius 2 is 1.84 bits per heavy atom. The molecule has 0 radical (unpaired) electrons. The predicted molar refractivity (Wildman–Crippen MR) is 73.8 cm³/mol. The molecule has 1 aromatic heterocycles. The Labute approximate surface area is 115 Å². The molecular formula is C15H24N4. The minimum atomic E-state index is 0.455. The molecule has 0 amide bonds. The van der Waals surface area contributed by atoms with E-state index in [0.29, 0.717) is 12.1 Å². The van der Waals surface area contributed by atoms with Gasteiger partial charge in [-0.15, -0.1) is 10.2 Å². The molecule has 2 heterocycles. The molecule has 0 aromatic carbocycles. The van der Waals surface area contributed by atoms with Crippen LogP contribution in [0.1, 0.15) is 75.7 Å². The number of nitrogens with one attached hydrogen (secondary N) is 1. The van der Waals surface area contributed by atoms with E-state index in [4.69, 9.17) is 0 Å². The standard InChI is InChI=1S/C15H24N4/c1-4-8-13-11(5-1)9-14(17-13)15-18-16-10-19(15)12-6-2-3-7-12/h10-14,17H,1-9H2. The van der Waals surface area contributed by atoms with Crippen LogP contribution in [-0.4, -0.2) is 20.8 Å². The summed E-state index contributed by atoms with van der Waals surface area (Å²) in [6, 6.07) is 1.86. The number of hydrogen-bond acceptors (Lipinski definition) is 3. The third-order valence-corrected chi connectivity index (χ3v) is 5.49. The van der Waals surface area contributed by atoms with Crippen LogP contribution in [0.15, 0.2) is 6.33 Å². The van der Waals surface area contributed by atoms with Crippen LogP contribution in [0.25, 0.3) is 0 Å². The first kappa shape index (κ1) is 11.9. The van der Waals surface area contributed by atoms with Crippen LogP contribution < -0.4 is 5.32 Å². The Bertz CT molecular complexity index is 421. The molecule has 1 N–H and O–H groups in total. The molecule has 19 heavy (non-hydrogen) atoms. The third kappa shape index (κ3) is 2.10. The third-order valence-electron chi connectivity index (χ3n) is 5.49. The first-order chi connectivity index (χ1) is 9.42. The van der Waals surface area contributed by atoms with Gasteiger partial charge in [0.2, 0.25) is 0 Å². The van der Waals surface area contributed by atoms with Crippen molar-refractivity contribution in [2.75, 3.05) is 0 Å². The average molecular weight is 260 g/mol. The second-order valence-electron chi connectivity index (χ2n) is 6.64. The van der Waals surface area contributed by atoms with Crippen molar-refractivity contribution >= 4 is 0 Å². The fourth-order valence-electron chi connectivity index (χ4n) is 4.48. The van der Waals surface area contributed by atoms with E-state index in [1.807, 2.05) is 6.33 Å². The van der Waals surface area contributed by atoms with Gasteiger partial charge in [-0.3, -0.25) is 0 Å². The molecular weight excluding hydrogens is 236 g/mol. The van der Waals surface area contributed by atoms with E-state index in [-0.39, 0.29) is 0 Å². The fourth-order valence-corrected chi connectivity index (χ4v) is 4.48. The van der Waals surface area contributed by atoms with E-state index in [0.717, 1.165) is 12.0 Å². The Balaban J connectivity index is 1.54. The Kier molecular flexibility index (Phi) is 3.06. The summed E-state index contributed by atoms with van der Waals surface area (Å²) < 4.78 is 2.38. The van der Waals surface area contributed by atoms with Gasteiger partial charge < -0.3 is 9.88 Å². The molecule has 4 rings (SSSR count). The molecule has 104 valence electrons. The molecule has 2 saturated carbocycles. The van der Waals surface area contributed by atoms with Crippen molar-refractivity contribution in [2.45, 2.75) is 75.9 Å². The molecule has 4 nitrogen and oxygen atoms in total. The zero-order valence-corrected chi connectivity index (χ0v) is 11.6. The zero-order chi connectivity index (χ0) is 12.7. The SMILES string of the molecule is c1nnc(C2CC3CCCCC3N2)n1C1CCCC1. The number of rotatable bonds is 2. The van der Waals surface area contributed by atoms with Crippen molar-refractivity contribution in [3.63, 3.8) is 0 Å². The second kappa shape index (κ2) is 4.89. The summed E-state index contributed by atoms with van der Waals surface area (Å²) in [5.74, 6) is 2.09. The van der Waals surface area contributed by atoms with Gasteiger partial charge in [0.25, 0.3) is 0 Å². The smallest absolute Gasteiger partial charge is 0.150 e. The summed E-state index contributed by atoms with van der Waals surface area (Å²) >= 11 is 0. The highest BCUT2D eigenvalue weighted by molar-refractivity contribution is 5.05. The summed E-state index contributed by atoms with van der Waals surface area (Å²) in [6.45, 7) is 0. The van der Waals surface area contributed by atoms with Gasteiger partial charge in [0.05, 0.1) is 6.04 Å². The minimum absolute atomic E-state index is 0.455. The topological polar surface area (TPSA) is 42.7 Å². The maximum absolute atomic E-state index is 4.45. The Hall–Kier alpha value is -0.900. The van der Waals surface area contributed by atoms with Gasteiger partial charge in [0.1, 0.15) is 12.2 Å². The van der Waals surface area contributed by atoms with Gasteiger partial charge in [0.15, 0.2) is 0 Å². The minimum Gasteiger partial charge on any atom is -0.313 e. The van der Waals surface area contributed by atoms with Crippen molar-refractivity contribution < 1.29 is 0 Å². The molecule has 1 aromatic rings. The van der Waals surface area contributed by atoms with Gasteiger partial charge >= 0.3 is 0 Å². The summed E-state index contributed by atoms with van der Waals surface area (Å²) in [4.78, 5) is 0. The Morgan fingerprint density at radius 3 is 2.68 bits per heavy atom. The lowest BCUT2D eigenvalue weighted by Crippen LogP contribution is -2.31. The molecule has 4 heteroatoms. The molecule has 1 saturated heterocycles. The lowest BCUT2D eigenvalue weighted by molar-refractivity contribution is 0.325. The molecule has 3 atom stereocenters. The molecule has 3 fully saturated rings. The van der Waals surface area contributed by atoms with Crippen LogP contribution in [0.5, 0.6) is 0 Å². The Morgan fingerprint density at radius 1 is 1.05 bits per heavy atom. The molecule has 1 aliphatic heterocycles. The number of aromatic nitrogens is 3. The average Bonchev–Trinajstić information content (AvgIpc) is 3.17. The fraction of sp³-hybridized carbons (Fsp3) is 0.867. The number of nitrogens with zero attached hydrogens (tertiary/aromatic N) is 3. The summed E-state index contributed by atoms with van der Waals surface area (Å²) in [7, 11) is 0. The van der Waals surface area contributed by atoms with E-state index >= 15 is 0 Å². The number of hydrogen-bond donors (Lipinski definition) is 1. The normalized spacial score (nSPS) is 35.7. The van der Waals surface area contributed by atoms with Crippen molar-refractivity contribution in [1.29, 1.82) is 0 Å². The highest BCUT2D eigenvalue weighted by Crippen LogP contribution is 2.40. The van der Waals surface area contributed by atoms with Gasteiger partial charge in [-0.1, -0.05) is 25.7 Å². The van der Waals surface area contributed by atoms with E-state index in [9.17, 15) is 0 Å². The van der Waals surface area contributed by atoms with E-state index in [2.05, 4.69) is 20.1 Å². The van der Waals surface area contributed by atoms with Crippen molar-refractivity contribution in [2.24, 2.45) is 5.92 Å². The van der Waals surface area contributed by atoms with Gasteiger partial charge in [-0.2, -0.15) is 0 Å². The van der Waals surface area contributed by atoms with Gasteiger partial charge in [0, 0.05) is 12.1 Å². The van der Waals surface area contributed by atoms with Crippen molar-refractivity contribution in [1.82, 2.24) is 20.1 Å². The van der Waals surface area contributed by atoms with E-state index in [1.165, 1.54) is 63.6 Å². The summed E-state index contributed by atoms with van der Waals surface area (Å²) in [6.07, 6.45) is 14.2. The zero-order valence-electron chi connectivity index (χ0n) is 11.6. The first-order valence-electron chi connectivity index (χ1n) is 8.07. The van der Waals surface area contributed by atoms with Crippen molar-refractivity contribution in [3.05, 3.63) is 12.2 Å². The monoisotopic (exact) mass is 260 g/mol. The highest BCUT2D eigenvalue weighted by Gasteiger charge is 2.38. The van der Waals surface area contributed by atoms with Crippen LogP contribution in [0.3, 0.4) is 0 Å².